The monoisotopic (exact) mass is 340 g/mol. The summed E-state index contributed by atoms with van der Waals surface area (Å²) in [6.45, 7) is 2.63. The highest BCUT2D eigenvalue weighted by Crippen LogP contribution is 2.22. The van der Waals surface area contributed by atoms with Gasteiger partial charge in [0.1, 0.15) is 5.76 Å². The summed E-state index contributed by atoms with van der Waals surface area (Å²) in [6.07, 6.45) is 2.94. The van der Waals surface area contributed by atoms with Crippen molar-refractivity contribution in [3.05, 3.63) is 76.1 Å². The standard InChI is InChI=1S/C19H20N2O2S/c1-14-4-6-15(7-5-14)18(11-17-3-2-10-23-17)19(22)20-9-8-16-12-24-13-21-16/h2-7,10,12-13,18H,8-9,11H2,1H3,(H,20,22). The number of furan rings is 1. The fourth-order valence-electron chi connectivity index (χ4n) is 2.59. The lowest BCUT2D eigenvalue weighted by Crippen LogP contribution is -2.32. The zero-order valence-electron chi connectivity index (χ0n) is 13.6. The zero-order valence-corrected chi connectivity index (χ0v) is 14.4. The van der Waals surface area contributed by atoms with Crippen LogP contribution in [0.4, 0.5) is 0 Å². The molecule has 0 bridgehead atoms. The number of nitrogens with zero attached hydrogens (tertiary/aromatic N) is 1. The predicted molar refractivity (Wildman–Crippen MR) is 95.2 cm³/mol. The van der Waals surface area contributed by atoms with Crippen LogP contribution in [-0.4, -0.2) is 17.4 Å². The van der Waals surface area contributed by atoms with Gasteiger partial charge in [0.2, 0.25) is 5.91 Å². The van der Waals surface area contributed by atoms with Gasteiger partial charge >= 0.3 is 0 Å². The summed E-state index contributed by atoms with van der Waals surface area (Å²) in [5.41, 5.74) is 5.00. The van der Waals surface area contributed by atoms with Gasteiger partial charge in [-0.1, -0.05) is 29.8 Å². The number of carbonyl (C=O) groups excluding carboxylic acids is 1. The van der Waals surface area contributed by atoms with E-state index in [-0.39, 0.29) is 11.8 Å². The molecule has 3 rings (SSSR count). The van der Waals surface area contributed by atoms with Gasteiger partial charge in [-0.15, -0.1) is 11.3 Å². The molecule has 1 aromatic carbocycles. The first-order valence-corrected chi connectivity index (χ1v) is 8.90. The first kappa shape index (κ1) is 16.5. The van der Waals surface area contributed by atoms with E-state index >= 15 is 0 Å². The van der Waals surface area contributed by atoms with Crippen molar-refractivity contribution < 1.29 is 9.21 Å². The Hall–Kier alpha value is -2.40. The highest BCUT2D eigenvalue weighted by Gasteiger charge is 2.22. The summed E-state index contributed by atoms with van der Waals surface area (Å²) in [5.74, 6) is 0.577. The molecule has 0 saturated heterocycles. The average molecular weight is 340 g/mol. The van der Waals surface area contributed by atoms with Crippen molar-refractivity contribution in [1.82, 2.24) is 10.3 Å². The van der Waals surface area contributed by atoms with Gasteiger partial charge in [0, 0.05) is 24.8 Å². The van der Waals surface area contributed by atoms with Gasteiger partial charge < -0.3 is 9.73 Å². The second-order valence-electron chi connectivity index (χ2n) is 5.77. The van der Waals surface area contributed by atoms with Gasteiger partial charge in [-0.3, -0.25) is 4.79 Å². The van der Waals surface area contributed by atoms with Gasteiger partial charge in [0.15, 0.2) is 0 Å². The minimum absolute atomic E-state index is 0.0190. The molecule has 0 radical (unpaired) electrons. The average Bonchev–Trinajstić information content (AvgIpc) is 3.27. The van der Waals surface area contributed by atoms with Crippen LogP contribution in [0.5, 0.6) is 0 Å². The number of aromatic nitrogens is 1. The van der Waals surface area contributed by atoms with E-state index in [1.165, 1.54) is 5.56 Å². The van der Waals surface area contributed by atoms with Crippen LogP contribution in [0.25, 0.3) is 0 Å². The van der Waals surface area contributed by atoms with Crippen molar-refractivity contribution in [3.63, 3.8) is 0 Å². The fraction of sp³-hybridized carbons (Fsp3) is 0.263. The number of nitrogens with one attached hydrogen (secondary N) is 1. The van der Waals surface area contributed by atoms with Crippen LogP contribution in [0.15, 0.2) is 58.0 Å². The fourth-order valence-corrected chi connectivity index (χ4v) is 3.18. The number of benzene rings is 1. The Kier molecular flexibility index (Phi) is 5.43. The summed E-state index contributed by atoms with van der Waals surface area (Å²) in [6, 6.07) is 11.9. The molecule has 1 N–H and O–H groups in total. The van der Waals surface area contributed by atoms with Gasteiger partial charge in [-0.05, 0) is 24.6 Å². The van der Waals surface area contributed by atoms with Crippen molar-refractivity contribution in [3.8, 4) is 0 Å². The molecule has 2 aromatic heterocycles. The molecule has 24 heavy (non-hydrogen) atoms. The molecule has 0 saturated carbocycles. The van der Waals surface area contributed by atoms with E-state index in [2.05, 4.69) is 10.3 Å². The molecular weight excluding hydrogens is 320 g/mol. The van der Waals surface area contributed by atoms with Crippen LogP contribution in [0.2, 0.25) is 0 Å². The number of hydrogen-bond donors (Lipinski definition) is 1. The third-order valence-corrected chi connectivity index (χ3v) is 4.58. The number of carbonyl (C=O) groups is 1. The number of hydrogen-bond acceptors (Lipinski definition) is 4. The SMILES string of the molecule is Cc1ccc(C(Cc2ccco2)C(=O)NCCc2cscn2)cc1. The van der Waals surface area contributed by atoms with Crippen molar-refractivity contribution >= 4 is 17.2 Å². The van der Waals surface area contributed by atoms with Crippen molar-refractivity contribution in [2.75, 3.05) is 6.54 Å². The van der Waals surface area contributed by atoms with Crippen LogP contribution < -0.4 is 5.32 Å². The lowest BCUT2D eigenvalue weighted by atomic mass is 9.93. The molecule has 3 aromatic rings. The topological polar surface area (TPSA) is 55.1 Å². The highest BCUT2D eigenvalue weighted by atomic mass is 32.1. The molecule has 0 aliphatic carbocycles. The lowest BCUT2D eigenvalue weighted by molar-refractivity contribution is -0.122. The van der Waals surface area contributed by atoms with Crippen LogP contribution in [0.1, 0.15) is 28.5 Å². The minimum atomic E-state index is -0.257. The highest BCUT2D eigenvalue weighted by molar-refractivity contribution is 7.07. The molecule has 124 valence electrons. The molecule has 0 spiro atoms. The van der Waals surface area contributed by atoms with Crippen LogP contribution in [0.3, 0.4) is 0 Å². The third-order valence-electron chi connectivity index (χ3n) is 3.95. The molecule has 1 unspecified atom stereocenters. The molecule has 1 amide bonds. The second kappa shape index (κ2) is 7.93. The van der Waals surface area contributed by atoms with Crippen LogP contribution in [-0.2, 0) is 17.6 Å². The van der Waals surface area contributed by atoms with Crippen molar-refractivity contribution in [2.24, 2.45) is 0 Å². The van der Waals surface area contributed by atoms with E-state index in [1.807, 2.05) is 54.2 Å². The Balaban J connectivity index is 1.68. The number of amides is 1. The number of rotatable bonds is 7. The first-order chi connectivity index (χ1) is 11.7. The van der Waals surface area contributed by atoms with E-state index in [9.17, 15) is 4.79 Å². The van der Waals surface area contributed by atoms with Crippen molar-refractivity contribution in [2.45, 2.75) is 25.7 Å². The normalized spacial score (nSPS) is 12.0. The molecule has 4 nitrogen and oxygen atoms in total. The summed E-state index contributed by atoms with van der Waals surface area (Å²) in [4.78, 5) is 17.0. The van der Waals surface area contributed by atoms with E-state index in [4.69, 9.17) is 4.42 Å². The molecule has 2 heterocycles. The lowest BCUT2D eigenvalue weighted by Gasteiger charge is -2.16. The predicted octanol–water partition coefficient (Wildman–Crippen LogP) is 3.73. The Morgan fingerprint density at radius 1 is 1.29 bits per heavy atom. The maximum atomic E-state index is 12.7. The summed E-state index contributed by atoms with van der Waals surface area (Å²) < 4.78 is 5.43. The Bertz CT molecular complexity index is 749. The summed E-state index contributed by atoms with van der Waals surface area (Å²) in [5, 5.41) is 5.04. The summed E-state index contributed by atoms with van der Waals surface area (Å²) in [7, 11) is 0. The quantitative estimate of drug-likeness (QED) is 0.713. The molecule has 0 fully saturated rings. The van der Waals surface area contributed by atoms with Crippen LogP contribution >= 0.6 is 11.3 Å². The first-order valence-electron chi connectivity index (χ1n) is 7.96. The second-order valence-corrected chi connectivity index (χ2v) is 6.49. The molecule has 1 atom stereocenters. The maximum Gasteiger partial charge on any atom is 0.228 e. The molecular formula is C19H20N2O2S. The Morgan fingerprint density at radius 3 is 2.79 bits per heavy atom. The zero-order chi connectivity index (χ0) is 16.8. The van der Waals surface area contributed by atoms with E-state index < -0.39 is 0 Å². The Labute approximate surface area is 145 Å². The van der Waals surface area contributed by atoms with Gasteiger partial charge in [-0.25, -0.2) is 4.98 Å². The summed E-state index contributed by atoms with van der Waals surface area (Å²) >= 11 is 1.57. The minimum Gasteiger partial charge on any atom is -0.469 e. The molecule has 0 aliphatic rings. The van der Waals surface area contributed by atoms with Crippen LogP contribution in [0, 0.1) is 6.92 Å². The van der Waals surface area contributed by atoms with E-state index in [0.29, 0.717) is 13.0 Å². The van der Waals surface area contributed by atoms with Gasteiger partial charge in [-0.2, -0.15) is 0 Å². The number of aryl methyl sites for hydroxylation is 1. The smallest absolute Gasteiger partial charge is 0.228 e. The molecule has 0 aliphatic heterocycles. The van der Waals surface area contributed by atoms with E-state index in [1.54, 1.807) is 17.6 Å². The Morgan fingerprint density at radius 2 is 2.12 bits per heavy atom. The maximum absolute atomic E-state index is 12.7. The van der Waals surface area contributed by atoms with Gasteiger partial charge in [0.25, 0.3) is 0 Å². The largest absolute Gasteiger partial charge is 0.469 e. The number of thiazole rings is 1. The van der Waals surface area contributed by atoms with E-state index in [0.717, 1.165) is 23.4 Å². The van der Waals surface area contributed by atoms with Gasteiger partial charge in [0.05, 0.1) is 23.4 Å². The third kappa shape index (κ3) is 4.32. The van der Waals surface area contributed by atoms with Crippen molar-refractivity contribution in [1.29, 1.82) is 0 Å². The molecule has 5 heteroatoms.